The molecule has 0 spiro atoms. The number of hydrogen-bond acceptors (Lipinski definition) is 9. The molecule has 11 nitrogen and oxygen atoms in total. The number of ether oxygens (including phenoxy) is 3. The normalized spacial score (nSPS) is 15.2. The van der Waals surface area contributed by atoms with Crippen molar-refractivity contribution < 1.29 is 28.5 Å². The number of piperidine rings is 1. The lowest BCUT2D eigenvalue weighted by Crippen LogP contribution is -2.38. The quantitative estimate of drug-likeness (QED) is 0.296. The molecule has 12 heteroatoms. The van der Waals surface area contributed by atoms with Crippen LogP contribution in [0.25, 0.3) is 11.0 Å². The van der Waals surface area contributed by atoms with E-state index in [0.29, 0.717) is 24.8 Å². The fourth-order valence-corrected chi connectivity index (χ4v) is 4.85. The molecule has 4 heterocycles. The summed E-state index contributed by atoms with van der Waals surface area (Å²) in [5.41, 5.74) is 1.98. The van der Waals surface area contributed by atoms with Crippen molar-refractivity contribution in [3.8, 4) is 17.7 Å². The van der Waals surface area contributed by atoms with Crippen molar-refractivity contribution in [3.05, 3.63) is 77.3 Å². The molecule has 0 radical (unpaired) electrons. The van der Waals surface area contributed by atoms with Crippen LogP contribution in [0.1, 0.15) is 53.8 Å². The molecule has 4 aromatic rings. The second-order valence-electron chi connectivity index (χ2n) is 10.2. The van der Waals surface area contributed by atoms with Gasteiger partial charge in [0.25, 0.3) is 0 Å². The van der Waals surface area contributed by atoms with Crippen LogP contribution < -0.4 is 9.47 Å². The SMILES string of the molecule is C1COC1.CCn1c(CN2CCC(Oc3ccnc(COc4ccc(F)cc4C#N)n3)CC2)nc2ccc(C(=O)O)cc21. The van der Waals surface area contributed by atoms with E-state index in [-0.39, 0.29) is 29.6 Å². The summed E-state index contributed by atoms with van der Waals surface area (Å²) in [7, 11) is 0. The van der Waals surface area contributed by atoms with Crippen molar-refractivity contribution in [2.75, 3.05) is 26.3 Å². The van der Waals surface area contributed by atoms with Gasteiger partial charge in [-0.05, 0) is 62.6 Å². The van der Waals surface area contributed by atoms with Gasteiger partial charge in [0.2, 0.25) is 5.88 Å². The first-order valence-corrected chi connectivity index (χ1v) is 14.3. The van der Waals surface area contributed by atoms with Gasteiger partial charge < -0.3 is 23.9 Å². The minimum Gasteiger partial charge on any atom is -0.484 e. The molecule has 2 saturated heterocycles. The molecule has 0 amide bonds. The van der Waals surface area contributed by atoms with Crippen LogP contribution in [0.3, 0.4) is 0 Å². The Morgan fingerprint density at radius 2 is 1.93 bits per heavy atom. The second kappa shape index (κ2) is 14.0. The third-order valence-corrected chi connectivity index (χ3v) is 7.25. The van der Waals surface area contributed by atoms with Gasteiger partial charge in [0.05, 0.1) is 28.7 Å². The number of carbonyl (C=O) groups is 1. The van der Waals surface area contributed by atoms with E-state index in [1.54, 1.807) is 30.5 Å². The number of halogens is 1. The van der Waals surface area contributed by atoms with E-state index in [1.807, 2.05) is 13.0 Å². The number of nitrogens with zero attached hydrogens (tertiary/aromatic N) is 6. The van der Waals surface area contributed by atoms with Gasteiger partial charge in [-0.2, -0.15) is 10.2 Å². The third-order valence-electron chi connectivity index (χ3n) is 7.25. The van der Waals surface area contributed by atoms with Crippen LogP contribution in [0, 0.1) is 17.1 Å². The standard InChI is InChI=1S/C28H27FN6O4.C3H6O/c1-2-35-23-14-18(28(36)37)3-5-22(23)32-26(35)16-34-11-8-21(9-12-34)39-27-7-10-31-25(33-27)17-38-24-6-4-20(29)13-19(24)15-30;1-2-4-3-1/h3-7,10,13-14,21H,2,8-9,11-12,16-17H2,1H3,(H,36,37);1-3H2. The van der Waals surface area contributed by atoms with Crippen LogP contribution in [0.4, 0.5) is 4.39 Å². The van der Waals surface area contributed by atoms with Crippen molar-refractivity contribution in [3.63, 3.8) is 0 Å². The highest BCUT2D eigenvalue weighted by Crippen LogP contribution is 2.23. The zero-order chi connectivity index (χ0) is 30.2. The topological polar surface area (TPSA) is 136 Å². The summed E-state index contributed by atoms with van der Waals surface area (Å²) >= 11 is 0. The average molecular weight is 589 g/mol. The van der Waals surface area contributed by atoms with E-state index in [4.69, 9.17) is 19.2 Å². The Bertz CT molecular complexity index is 1600. The first kappa shape index (κ1) is 29.9. The maximum atomic E-state index is 13.3. The lowest BCUT2D eigenvalue weighted by molar-refractivity contribution is 0.0367. The number of aromatic nitrogens is 4. The number of rotatable bonds is 9. The number of benzene rings is 2. The number of likely N-dealkylation sites (tertiary alicyclic amines) is 1. The Hall–Kier alpha value is -4.60. The highest BCUT2D eigenvalue weighted by molar-refractivity contribution is 5.92. The van der Waals surface area contributed by atoms with Gasteiger partial charge in [-0.3, -0.25) is 4.90 Å². The number of nitriles is 1. The van der Waals surface area contributed by atoms with Crippen LogP contribution >= 0.6 is 0 Å². The molecule has 0 bridgehead atoms. The van der Waals surface area contributed by atoms with E-state index in [2.05, 4.69) is 19.4 Å². The predicted octanol–water partition coefficient (Wildman–Crippen LogP) is 4.58. The molecule has 2 aliphatic rings. The van der Waals surface area contributed by atoms with E-state index in [0.717, 1.165) is 62.1 Å². The Balaban J connectivity index is 0.000000850. The summed E-state index contributed by atoms with van der Waals surface area (Å²) < 4.78 is 31.9. The summed E-state index contributed by atoms with van der Waals surface area (Å²) in [5.74, 6) is 0.561. The van der Waals surface area contributed by atoms with Gasteiger partial charge in [-0.25, -0.2) is 19.2 Å². The molecule has 43 heavy (non-hydrogen) atoms. The monoisotopic (exact) mass is 588 g/mol. The first-order chi connectivity index (χ1) is 20.9. The largest absolute Gasteiger partial charge is 0.484 e. The second-order valence-corrected chi connectivity index (χ2v) is 10.2. The summed E-state index contributed by atoms with van der Waals surface area (Å²) in [4.78, 5) is 27.1. The van der Waals surface area contributed by atoms with Crippen molar-refractivity contribution in [2.24, 2.45) is 0 Å². The Morgan fingerprint density at radius 1 is 1.16 bits per heavy atom. The Kier molecular flexibility index (Phi) is 9.76. The van der Waals surface area contributed by atoms with Crippen molar-refractivity contribution >= 4 is 17.0 Å². The van der Waals surface area contributed by atoms with Crippen LogP contribution in [-0.4, -0.2) is 67.9 Å². The van der Waals surface area contributed by atoms with Crippen LogP contribution in [-0.2, 0) is 24.4 Å². The third kappa shape index (κ3) is 7.63. The van der Waals surface area contributed by atoms with Crippen LogP contribution in [0.5, 0.6) is 11.6 Å². The van der Waals surface area contributed by atoms with E-state index < -0.39 is 11.8 Å². The number of aryl methyl sites for hydroxylation is 1. The molecule has 0 saturated carbocycles. The molecule has 0 atom stereocenters. The number of hydrogen-bond donors (Lipinski definition) is 1. The molecule has 2 aromatic heterocycles. The molecule has 6 rings (SSSR count). The molecular formula is C31H33FN6O5. The van der Waals surface area contributed by atoms with Gasteiger partial charge in [0, 0.05) is 45.1 Å². The lowest BCUT2D eigenvalue weighted by atomic mass is 10.1. The molecule has 2 aromatic carbocycles. The van der Waals surface area contributed by atoms with Gasteiger partial charge in [-0.1, -0.05) is 0 Å². The number of aromatic carboxylic acids is 1. The summed E-state index contributed by atoms with van der Waals surface area (Å²) in [5, 5.41) is 18.5. The minimum absolute atomic E-state index is 0.00433. The molecule has 2 aliphatic heterocycles. The Morgan fingerprint density at radius 3 is 2.60 bits per heavy atom. The molecule has 0 unspecified atom stereocenters. The summed E-state index contributed by atoms with van der Waals surface area (Å²) in [6.07, 6.45) is 4.49. The van der Waals surface area contributed by atoms with Crippen molar-refractivity contribution in [2.45, 2.75) is 52.0 Å². The predicted molar refractivity (Wildman–Crippen MR) is 154 cm³/mol. The summed E-state index contributed by atoms with van der Waals surface area (Å²) in [6.45, 7) is 7.05. The Labute approximate surface area is 248 Å². The van der Waals surface area contributed by atoms with Crippen molar-refractivity contribution in [1.82, 2.24) is 24.4 Å². The van der Waals surface area contributed by atoms with E-state index >= 15 is 0 Å². The van der Waals surface area contributed by atoms with Crippen LogP contribution in [0.2, 0.25) is 0 Å². The van der Waals surface area contributed by atoms with Gasteiger partial charge in [0.1, 0.15) is 36.2 Å². The fraction of sp³-hybridized carbons (Fsp3) is 0.387. The maximum Gasteiger partial charge on any atom is 0.335 e. The number of carboxylic acid groups (broad SMARTS) is 1. The molecule has 2 fully saturated rings. The first-order valence-electron chi connectivity index (χ1n) is 14.3. The molecule has 0 aliphatic carbocycles. The van der Waals surface area contributed by atoms with Crippen LogP contribution in [0.15, 0.2) is 48.7 Å². The smallest absolute Gasteiger partial charge is 0.335 e. The fourth-order valence-electron chi connectivity index (χ4n) is 4.85. The van der Waals surface area contributed by atoms with Crippen molar-refractivity contribution in [1.29, 1.82) is 5.26 Å². The average Bonchev–Trinajstić information content (AvgIpc) is 3.32. The zero-order valence-corrected chi connectivity index (χ0v) is 23.9. The number of fused-ring (bicyclic) bond motifs is 1. The molecule has 224 valence electrons. The number of carboxylic acids is 1. The van der Waals surface area contributed by atoms with Gasteiger partial charge >= 0.3 is 5.97 Å². The summed E-state index contributed by atoms with van der Waals surface area (Å²) in [6, 6.07) is 12.4. The maximum absolute atomic E-state index is 13.3. The highest BCUT2D eigenvalue weighted by Gasteiger charge is 2.23. The minimum atomic E-state index is -0.950. The van der Waals surface area contributed by atoms with E-state index in [1.165, 1.54) is 18.6 Å². The van der Waals surface area contributed by atoms with Gasteiger partial charge in [-0.15, -0.1) is 0 Å². The lowest BCUT2D eigenvalue weighted by Gasteiger charge is -2.31. The van der Waals surface area contributed by atoms with E-state index in [9.17, 15) is 19.6 Å². The highest BCUT2D eigenvalue weighted by atomic mass is 19.1. The molecule has 1 N–H and O–H groups in total. The molecular weight excluding hydrogens is 555 g/mol. The zero-order valence-electron chi connectivity index (χ0n) is 23.9. The number of imidazole rings is 1. The van der Waals surface area contributed by atoms with Gasteiger partial charge in [0.15, 0.2) is 5.82 Å².